The summed E-state index contributed by atoms with van der Waals surface area (Å²) in [4.78, 5) is 0. The Bertz CT molecular complexity index is 83.1. The molecule has 0 atom stereocenters. The Morgan fingerprint density at radius 2 is 2.00 bits per heavy atom. The molecule has 0 heterocycles. The predicted molar refractivity (Wildman–Crippen MR) is 38.6 cm³/mol. The summed E-state index contributed by atoms with van der Waals surface area (Å²) >= 11 is 0. The van der Waals surface area contributed by atoms with Crippen LogP contribution in [0.1, 0.15) is 25.7 Å². The van der Waals surface area contributed by atoms with Crippen molar-refractivity contribution in [2.75, 3.05) is 6.67 Å². The second-order valence-corrected chi connectivity index (χ2v) is 2.65. The number of hydrogen-bond acceptors (Lipinski definition) is 1. The third-order valence-corrected chi connectivity index (χ3v) is 1.70. The lowest BCUT2D eigenvalue weighted by molar-refractivity contribution is 0.436. The van der Waals surface area contributed by atoms with E-state index < -0.39 is 0 Å². The fourth-order valence-electron chi connectivity index (χ4n) is 0.829. The van der Waals surface area contributed by atoms with E-state index in [0.717, 1.165) is 19.3 Å². The first-order valence-corrected chi connectivity index (χ1v) is 3.12. The van der Waals surface area contributed by atoms with E-state index in [1.807, 2.05) is 0 Å². The largest absolute Gasteiger partial charge is 0.325 e. The van der Waals surface area contributed by atoms with Crippen molar-refractivity contribution in [1.82, 2.24) is 0 Å². The van der Waals surface area contributed by atoms with Crippen molar-refractivity contribution in [2.24, 2.45) is 5.73 Å². The van der Waals surface area contributed by atoms with Crippen LogP contribution in [0.15, 0.2) is 0 Å². The Kier molecular flexibility index (Phi) is 3.44. The molecule has 1 rings (SSSR count). The quantitative estimate of drug-likeness (QED) is 0.656. The van der Waals surface area contributed by atoms with Crippen LogP contribution in [0.5, 0.6) is 0 Å². The smallest absolute Gasteiger partial charge is 0.0895 e. The van der Waals surface area contributed by atoms with Gasteiger partial charge in [-0.25, -0.2) is 0 Å². The lowest BCUT2D eigenvalue weighted by atomic mass is 10.1. The highest BCUT2D eigenvalue weighted by atomic mass is 35.5. The fraction of sp³-hybridized carbons (Fsp3) is 1.00. The highest BCUT2D eigenvalue weighted by Gasteiger charge is 2.36. The second kappa shape index (κ2) is 3.37. The Labute approximate surface area is 61.2 Å². The van der Waals surface area contributed by atoms with Crippen molar-refractivity contribution in [3.05, 3.63) is 0 Å². The summed E-state index contributed by atoms with van der Waals surface area (Å²) in [6.07, 6.45) is 3.74. The normalized spacial score (nSPS) is 20.7. The first-order chi connectivity index (χ1) is 3.77. The molecule has 0 radical (unpaired) electrons. The average Bonchev–Trinajstić information content (AvgIpc) is 2.45. The summed E-state index contributed by atoms with van der Waals surface area (Å²) < 4.78 is 11.5. The van der Waals surface area contributed by atoms with Gasteiger partial charge in [0.25, 0.3) is 0 Å². The molecule has 0 aromatic rings. The third-order valence-electron chi connectivity index (χ3n) is 1.70. The van der Waals surface area contributed by atoms with E-state index in [4.69, 9.17) is 5.73 Å². The molecule has 1 aliphatic rings. The second-order valence-electron chi connectivity index (χ2n) is 2.65. The summed E-state index contributed by atoms with van der Waals surface area (Å²) in [6, 6.07) is 0. The number of rotatable bonds is 3. The zero-order valence-electron chi connectivity index (χ0n) is 5.40. The Hall–Kier alpha value is 0.180. The molecule has 0 aliphatic heterocycles. The maximum atomic E-state index is 11.5. The van der Waals surface area contributed by atoms with Crippen LogP contribution in [0.4, 0.5) is 4.39 Å². The summed E-state index contributed by atoms with van der Waals surface area (Å²) in [6.45, 7) is -0.209. The van der Waals surface area contributed by atoms with Crippen molar-refractivity contribution < 1.29 is 4.39 Å². The summed E-state index contributed by atoms with van der Waals surface area (Å²) in [5.74, 6) is 0. The molecular formula is C6H13ClFN. The van der Waals surface area contributed by atoms with Gasteiger partial charge in [0.05, 0.1) is 6.67 Å². The molecule has 0 bridgehead atoms. The molecule has 0 aromatic carbocycles. The van der Waals surface area contributed by atoms with Crippen LogP contribution < -0.4 is 5.73 Å². The van der Waals surface area contributed by atoms with Gasteiger partial charge in [-0.15, -0.1) is 12.4 Å². The summed E-state index contributed by atoms with van der Waals surface area (Å²) in [5.41, 5.74) is 5.73. The van der Waals surface area contributed by atoms with Crippen molar-refractivity contribution in [2.45, 2.75) is 31.2 Å². The highest BCUT2D eigenvalue weighted by Crippen LogP contribution is 2.36. The van der Waals surface area contributed by atoms with Crippen LogP contribution >= 0.6 is 12.4 Å². The Balaban J connectivity index is 0.000000640. The molecular weight excluding hydrogens is 141 g/mol. The van der Waals surface area contributed by atoms with Crippen molar-refractivity contribution in [1.29, 1.82) is 0 Å². The monoisotopic (exact) mass is 153 g/mol. The van der Waals surface area contributed by atoms with Gasteiger partial charge in [-0.2, -0.15) is 0 Å². The molecule has 0 saturated heterocycles. The van der Waals surface area contributed by atoms with Gasteiger partial charge in [-0.05, 0) is 25.7 Å². The van der Waals surface area contributed by atoms with E-state index in [9.17, 15) is 4.39 Å². The van der Waals surface area contributed by atoms with Gasteiger partial charge in [0, 0.05) is 5.54 Å². The maximum absolute atomic E-state index is 11.5. The van der Waals surface area contributed by atoms with E-state index in [0.29, 0.717) is 6.42 Å². The minimum atomic E-state index is -0.209. The standard InChI is InChI=1S/C6H12FN.ClH/c7-5-1-2-6(8)3-4-6;/h1-5,8H2;1H. The van der Waals surface area contributed by atoms with Gasteiger partial charge < -0.3 is 5.73 Å². The van der Waals surface area contributed by atoms with Gasteiger partial charge >= 0.3 is 0 Å². The molecule has 1 nitrogen and oxygen atoms in total. The SMILES string of the molecule is Cl.NC1(CCCF)CC1. The lowest BCUT2D eigenvalue weighted by Crippen LogP contribution is -2.21. The van der Waals surface area contributed by atoms with Crippen LogP contribution in [-0.4, -0.2) is 12.2 Å². The topological polar surface area (TPSA) is 26.0 Å². The molecule has 0 unspecified atom stereocenters. The van der Waals surface area contributed by atoms with Gasteiger partial charge in [-0.1, -0.05) is 0 Å². The number of hydrogen-bond donors (Lipinski definition) is 1. The van der Waals surface area contributed by atoms with Crippen molar-refractivity contribution in [3.8, 4) is 0 Å². The molecule has 1 saturated carbocycles. The molecule has 2 N–H and O–H groups in total. The predicted octanol–water partition coefficient (Wildman–Crippen LogP) is 1.65. The molecule has 0 amide bonds. The lowest BCUT2D eigenvalue weighted by Gasteiger charge is -2.03. The molecule has 0 spiro atoms. The molecule has 1 aliphatic carbocycles. The number of alkyl halides is 1. The van der Waals surface area contributed by atoms with Crippen molar-refractivity contribution in [3.63, 3.8) is 0 Å². The molecule has 1 fully saturated rings. The van der Waals surface area contributed by atoms with E-state index >= 15 is 0 Å². The number of halogens is 2. The maximum Gasteiger partial charge on any atom is 0.0895 e. The highest BCUT2D eigenvalue weighted by molar-refractivity contribution is 5.85. The summed E-state index contributed by atoms with van der Waals surface area (Å²) in [5, 5.41) is 0. The molecule has 9 heavy (non-hydrogen) atoms. The van der Waals surface area contributed by atoms with Crippen LogP contribution in [0.25, 0.3) is 0 Å². The van der Waals surface area contributed by atoms with Gasteiger partial charge in [0.1, 0.15) is 0 Å². The van der Waals surface area contributed by atoms with Crippen molar-refractivity contribution >= 4 is 12.4 Å². The first-order valence-electron chi connectivity index (χ1n) is 3.12. The summed E-state index contributed by atoms with van der Waals surface area (Å²) in [7, 11) is 0. The van der Waals surface area contributed by atoms with Gasteiger partial charge in [0.15, 0.2) is 0 Å². The Morgan fingerprint density at radius 3 is 2.33 bits per heavy atom. The van der Waals surface area contributed by atoms with Crippen LogP contribution in [0.3, 0.4) is 0 Å². The van der Waals surface area contributed by atoms with Crippen LogP contribution in [0.2, 0.25) is 0 Å². The zero-order valence-corrected chi connectivity index (χ0v) is 6.22. The molecule has 56 valence electrons. The van der Waals surface area contributed by atoms with Crippen LogP contribution in [-0.2, 0) is 0 Å². The van der Waals surface area contributed by atoms with E-state index in [2.05, 4.69) is 0 Å². The van der Waals surface area contributed by atoms with E-state index in [1.165, 1.54) is 0 Å². The average molecular weight is 154 g/mol. The number of nitrogens with two attached hydrogens (primary N) is 1. The fourth-order valence-corrected chi connectivity index (χ4v) is 0.829. The van der Waals surface area contributed by atoms with Gasteiger partial charge in [0.2, 0.25) is 0 Å². The first kappa shape index (κ1) is 9.18. The van der Waals surface area contributed by atoms with E-state index in [-0.39, 0.29) is 24.6 Å². The van der Waals surface area contributed by atoms with E-state index in [1.54, 1.807) is 0 Å². The Morgan fingerprint density at radius 1 is 1.44 bits per heavy atom. The minimum Gasteiger partial charge on any atom is -0.325 e. The van der Waals surface area contributed by atoms with Crippen LogP contribution in [0, 0.1) is 0 Å². The molecule has 0 aromatic heterocycles. The zero-order chi connectivity index (χ0) is 6.04. The molecule has 3 heteroatoms. The van der Waals surface area contributed by atoms with Gasteiger partial charge in [-0.3, -0.25) is 4.39 Å². The third kappa shape index (κ3) is 3.01. The minimum absolute atomic E-state index is 0.